The molecule has 21 heavy (non-hydrogen) atoms. The number of ether oxygens (including phenoxy) is 2. The molecule has 2 aliphatic rings. The number of hydrogen-bond acceptors (Lipinski definition) is 5. The fraction of sp³-hybridized carbons (Fsp3) is 0.500. The highest BCUT2D eigenvalue weighted by atomic mass is 35.5. The van der Waals surface area contributed by atoms with Gasteiger partial charge in [-0.1, -0.05) is 0 Å². The van der Waals surface area contributed by atoms with Gasteiger partial charge in [0.2, 0.25) is 12.7 Å². The normalized spacial score (nSPS) is 19.4. The summed E-state index contributed by atoms with van der Waals surface area (Å²) in [5.74, 6) is 1.38. The zero-order valence-electron chi connectivity index (χ0n) is 11.9. The van der Waals surface area contributed by atoms with Gasteiger partial charge in [-0.25, -0.2) is 0 Å². The number of carbonyl (C=O) groups is 1. The lowest BCUT2D eigenvalue weighted by Crippen LogP contribution is -2.39. The van der Waals surface area contributed by atoms with E-state index in [2.05, 4.69) is 15.5 Å². The molecule has 0 spiro atoms. The summed E-state index contributed by atoms with van der Waals surface area (Å²) >= 11 is 0. The van der Waals surface area contributed by atoms with E-state index in [1.807, 2.05) is 19.2 Å². The van der Waals surface area contributed by atoms with Crippen LogP contribution >= 0.6 is 12.4 Å². The summed E-state index contributed by atoms with van der Waals surface area (Å²) in [6, 6.07) is 5.86. The quantitative estimate of drug-likeness (QED) is 0.870. The van der Waals surface area contributed by atoms with Crippen LogP contribution in [0.1, 0.15) is 6.42 Å². The van der Waals surface area contributed by atoms with Crippen LogP contribution in [0.5, 0.6) is 11.5 Å². The molecule has 2 N–H and O–H groups in total. The van der Waals surface area contributed by atoms with Crippen LogP contribution in [0.4, 0.5) is 5.69 Å². The molecule has 0 aliphatic carbocycles. The Balaban J connectivity index is 0.00000161. The van der Waals surface area contributed by atoms with Gasteiger partial charge in [0.15, 0.2) is 11.5 Å². The van der Waals surface area contributed by atoms with Crippen LogP contribution < -0.4 is 20.1 Å². The fourth-order valence-electron chi connectivity index (χ4n) is 2.55. The molecule has 3 rings (SSSR count). The number of benzene rings is 1. The van der Waals surface area contributed by atoms with E-state index in [9.17, 15) is 4.79 Å². The van der Waals surface area contributed by atoms with Crippen LogP contribution in [-0.4, -0.2) is 50.3 Å². The molecule has 0 aromatic heterocycles. The predicted octanol–water partition coefficient (Wildman–Crippen LogP) is 1.07. The zero-order valence-corrected chi connectivity index (χ0v) is 12.7. The second-order valence-corrected chi connectivity index (χ2v) is 5.18. The van der Waals surface area contributed by atoms with E-state index in [1.54, 1.807) is 6.07 Å². The van der Waals surface area contributed by atoms with Crippen LogP contribution in [0, 0.1) is 0 Å². The Morgan fingerprint density at radius 3 is 3.00 bits per heavy atom. The maximum atomic E-state index is 12.0. The van der Waals surface area contributed by atoms with Gasteiger partial charge in [0.1, 0.15) is 0 Å². The number of nitrogens with zero attached hydrogens (tertiary/aromatic N) is 1. The first-order valence-corrected chi connectivity index (χ1v) is 6.83. The highest BCUT2D eigenvalue weighted by molar-refractivity contribution is 5.92. The maximum Gasteiger partial charge on any atom is 0.238 e. The predicted molar refractivity (Wildman–Crippen MR) is 82.3 cm³/mol. The fourth-order valence-corrected chi connectivity index (χ4v) is 2.55. The highest BCUT2D eigenvalue weighted by Crippen LogP contribution is 2.34. The number of amides is 1. The van der Waals surface area contributed by atoms with Crippen molar-refractivity contribution in [3.8, 4) is 11.5 Å². The van der Waals surface area contributed by atoms with Crippen molar-refractivity contribution in [3.05, 3.63) is 18.2 Å². The van der Waals surface area contributed by atoms with Gasteiger partial charge < -0.3 is 20.1 Å². The first-order valence-electron chi connectivity index (χ1n) is 6.83. The molecule has 6 nitrogen and oxygen atoms in total. The smallest absolute Gasteiger partial charge is 0.238 e. The van der Waals surface area contributed by atoms with E-state index in [0.29, 0.717) is 18.3 Å². The minimum Gasteiger partial charge on any atom is -0.454 e. The van der Waals surface area contributed by atoms with Crippen molar-refractivity contribution in [2.24, 2.45) is 0 Å². The number of nitrogens with one attached hydrogen (secondary N) is 2. The monoisotopic (exact) mass is 313 g/mol. The summed E-state index contributed by atoms with van der Waals surface area (Å²) in [6.07, 6.45) is 1.09. The van der Waals surface area contributed by atoms with Crippen molar-refractivity contribution in [1.82, 2.24) is 10.2 Å². The molecule has 0 saturated carbocycles. The van der Waals surface area contributed by atoms with Crippen LogP contribution in [0.2, 0.25) is 0 Å². The van der Waals surface area contributed by atoms with Crippen LogP contribution in [-0.2, 0) is 4.79 Å². The van der Waals surface area contributed by atoms with E-state index >= 15 is 0 Å². The van der Waals surface area contributed by atoms with E-state index in [-0.39, 0.29) is 25.1 Å². The second-order valence-electron chi connectivity index (χ2n) is 5.18. The molecule has 116 valence electrons. The van der Waals surface area contributed by atoms with Crippen LogP contribution in [0.15, 0.2) is 18.2 Å². The molecule has 1 aromatic rings. The van der Waals surface area contributed by atoms with Crippen molar-refractivity contribution in [2.45, 2.75) is 12.5 Å². The average Bonchev–Trinajstić information content (AvgIpc) is 3.09. The van der Waals surface area contributed by atoms with E-state index < -0.39 is 0 Å². The summed E-state index contributed by atoms with van der Waals surface area (Å²) in [7, 11) is 1.98. The summed E-state index contributed by atoms with van der Waals surface area (Å²) in [5.41, 5.74) is 0.734. The van der Waals surface area contributed by atoms with Crippen LogP contribution in [0.25, 0.3) is 0 Å². The molecule has 1 aromatic carbocycles. The van der Waals surface area contributed by atoms with Crippen molar-refractivity contribution in [3.63, 3.8) is 0 Å². The number of fused-ring (bicyclic) bond motifs is 1. The number of carbonyl (C=O) groups excluding carboxylic acids is 1. The SMILES string of the molecule is CN(CC(=O)Nc1ccc2c(c1)OCO2)C1CCNC1.Cl. The van der Waals surface area contributed by atoms with Gasteiger partial charge in [0.25, 0.3) is 0 Å². The molecule has 2 aliphatic heterocycles. The van der Waals surface area contributed by atoms with Gasteiger partial charge in [0.05, 0.1) is 6.54 Å². The Hall–Kier alpha value is -1.50. The number of likely N-dealkylation sites (N-methyl/N-ethyl adjacent to an activating group) is 1. The average molecular weight is 314 g/mol. The molecule has 1 saturated heterocycles. The molecular formula is C14H20ClN3O3. The summed E-state index contributed by atoms with van der Waals surface area (Å²) in [4.78, 5) is 14.1. The van der Waals surface area contributed by atoms with Crippen molar-refractivity contribution in [2.75, 3.05) is 38.8 Å². The Labute approximate surface area is 130 Å². The number of rotatable bonds is 4. The molecule has 1 atom stereocenters. The second kappa shape index (κ2) is 6.98. The van der Waals surface area contributed by atoms with E-state index in [1.165, 1.54) is 0 Å². The Morgan fingerprint density at radius 2 is 2.24 bits per heavy atom. The van der Waals surface area contributed by atoms with Crippen molar-refractivity contribution >= 4 is 24.0 Å². The first-order chi connectivity index (χ1) is 9.72. The van der Waals surface area contributed by atoms with Crippen LogP contribution in [0.3, 0.4) is 0 Å². The minimum atomic E-state index is -0.0155. The Morgan fingerprint density at radius 1 is 1.43 bits per heavy atom. The lowest BCUT2D eigenvalue weighted by atomic mass is 10.2. The molecule has 0 radical (unpaired) electrons. The highest BCUT2D eigenvalue weighted by Gasteiger charge is 2.21. The largest absolute Gasteiger partial charge is 0.454 e. The minimum absolute atomic E-state index is 0. The van der Waals surface area contributed by atoms with Gasteiger partial charge >= 0.3 is 0 Å². The van der Waals surface area contributed by atoms with E-state index in [0.717, 1.165) is 30.9 Å². The van der Waals surface area contributed by atoms with Gasteiger partial charge in [0, 0.05) is 24.3 Å². The standard InChI is InChI=1S/C14H19N3O3.ClH/c1-17(11-4-5-15-7-11)8-14(18)16-10-2-3-12-13(6-10)20-9-19-12;/h2-3,6,11,15H,4-5,7-9H2,1H3,(H,16,18);1H. The molecule has 1 unspecified atom stereocenters. The van der Waals surface area contributed by atoms with Crippen molar-refractivity contribution < 1.29 is 14.3 Å². The lowest BCUT2D eigenvalue weighted by Gasteiger charge is -2.22. The third-order valence-electron chi connectivity index (χ3n) is 3.71. The molecule has 2 heterocycles. The van der Waals surface area contributed by atoms with Gasteiger partial charge in [-0.05, 0) is 32.1 Å². The van der Waals surface area contributed by atoms with Gasteiger partial charge in [-0.3, -0.25) is 9.69 Å². The zero-order chi connectivity index (χ0) is 13.9. The number of halogens is 1. The van der Waals surface area contributed by atoms with Gasteiger partial charge in [-0.2, -0.15) is 0 Å². The van der Waals surface area contributed by atoms with E-state index in [4.69, 9.17) is 9.47 Å². The van der Waals surface area contributed by atoms with Crippen molar-refractivity contribution in [1.29, 1.82) is 0 Å². The molecule has 0 bridgehead atoms. The number of anilines is 1. The lowest BCUT2D eigenvalue weighted by molar-refractivity contribution is -0.117. The summed E-state index contributed by atoms with van der Waals surface area (Å²) < 4.78 is 10.5. The summed E-state index contributed by atoms with van der Waals surface area (Å²) in [6.45, 7) is 2.61. The summed E-state index contributed by atoms with van der Waals surface area (Å²) in [5, 5.41) is 6.19. The molecule has 7 heteroatoms. The Bertz CT molecular complexity index is 506. The molecule has 1 fully saturated rings. The third-order valence-corrected chi connectivity index (χ3v) is 3.71. The molecule has 1 amide bonds. The van der Waals surface area contributed by atoms with Gasteiger partial charge in [-0.15, -0.1) is 12.4 Å². The third kappa shape index (κ3) is 3.78. The number of hydrogen-bond donors (Lipinski definition) is 2. The Kier molecular flexibility index (Phi) is 5.27. The maximum absolute atomic E-state index is 12.0. The topological polar surface area (TPSA) is 62.8 Å². The first kappa shape index (κ1) is 15.9. The molecular weight excluding hydrogens is 294 g/mol.